The van der Waals surface area contributed by atoms with Gasteiger partial charge in [0.1, 0.15) is 0 Å². The molecule has 0 aliphatic heterocycles. The quantitative estimate of drug-likeness (QED) is 0.167. The van der Waals surface area contributed by atoms with E-state index in [2.05, 4.69) is 167 Å². The summed E-state index contributed by atoms with van der Waals surface area (Å²) in [4.78, 5) is 28.9. The molecule has 0 spiro atoms. The summed E-state index contributed by atoms with van der Waals surface area (Å²) in [6, 6.07) is 41.3. The molecule has 0 N–H and O–H groups in total. The average molecular weight is 788 g/mol. The zero-order chi connectivity index (χ0) is 42.8. The van der Waals surface area contributed by atoms with E-state index in [1.807, 2.05) is 36.4 Å². The first kappa shape index (κ1) is 39.6. The molecule has 1 aromatic heterocycles. The van der Waals surface area contributed by atoms with Gasteiger partial charge in [-0.15, -0.1) is 0 Å². The highest BCUT2D eigenvalue weighted by atomic mass is 16.1. The van der Waals surface area contributed by atoms with Gasteiger partial charge in [-0.3, -0.25) is 9.59 Å². The monoisotopic (exact) mass is 787 g/mol. The lowest BCUT2D eigenvalue weighted by Gasteiger charge is -2.23. The molecule has 3 nitrogen and oxygen atoms in total. The molecule has 0 saturated carbocycles. The Morgan fingerprint density at radius 3 is 1.37 bits per heavy atom. The van der Waals surface area contributed by atoms with Gasteiger partial charge in [-0.1, -0.05) is 144 Å². The maximum absolute atomic E-state index is 14.5. The minimum Gasteiger partial charge on any atom is -0.309 e. The first-order chi connectivity index (χ1) is 28.1. The fraction of sp³-hybridized carbons (Fsp3) is 0.298. The minimum atomic E-state index is -0.112. The topological polar surface area (TPSA) is 39.1 Å². The van der Waals surface area contributed by atoms with Crippen molar-refractivity contribution < 1.29 is 9.59 Å². The molecule has 0 unspecified atom stereocenters. The number of ketones is 2. The van der Waals surface area contributed by atoms with E-state index < -0.39 is 0 Å². The largest absolute Gasteiger partial charge is 0.309 e. The summed E-state index contributed by atoms with van der Waals surface area (Å²) in [6.07, 6.45) is 0.643. The number of hydrogen-bond donors (Lipinski definition) is 0. The number of hydrogen-bond acceptors (Lipinski definition) is 2. The number of fused-ring (bicyclic) bond motifs is 8. The Morgan fingerprint density at radius 1 is 0.383 bits per heavy atom. The van der Waals surface area contributed by atoms with E-state index in [4.69, 9.17) is 0 Å². The predicted molar refractivity (Wildman–Crippen MR) is 253 cm³/mol. The van der Waals surface area contributed by atoms with Crippen LogP contribution in [-0.2, 0) is 28.1 Å². The van der Waals surface area contributed by atoms with Gasteiger partial charge in [-0.05, 0) is 138 Å². The van der Waals surface area contributed by atoms with Gasteiger partial charge in [0.25, 0.3) is 0 Å². The third-order valence-corrected chi connectivity index (χ3v) is 13.0. The van der Waals surface area contributed by atoms with Crippen molar-refractivity contribution in [3.8, 4) is 5.69 Å². The van der Waals surface area contributed by atoms with Crippen LogP contribution in [0.5, 0.6) is 0 Å². The molecule has 0 amide bonds. The molecule has 0 radical (unpaired) electrons. The van der Waals surface area contributed by atoms with Crippen LogP contribution in [0.15, 0.2) is 115 Å². The molecule has 60 heavy (non-hydrogen) atoms. The number of benzene rings is 7. The summed E-state index contributed by atoms with van der Waals surface area (Å²) in [5.41, 5.74) is 12.3. The summed E-state index contributed by atoms with van der Waals surface area (Å²) in [5, 5.41) is 7.31. The fourth-order valence-corrected chi connectivity index (χ4v) is 9.20. The average Bonchev–Trinajstić information content (AvgIpc) is 3.51. The van der Waals surface area contributed by atoms with Crippen LogP contribution in [0.25, 0.3) is 49.0 Å². The number of rotatable bonds is 3. The van der Waals surface area contributed by atoms with Gasteiger partial charge in [0.05, 0.1) is 11.0 Å². The fourth-order valence-electron chi connectivity index (χ4n) is 9.20. The molecule has 0 saturated heterocycles. The molecular weight excluding hydrogens is 731 g/mol. The van der Waals surface area contributed by atoms with Gasteiger partial charge in [0.2, 0.25) is 0 Å². The molecule has 9 rings (SSSR count). The van der Waals surface area contributed by atoms with Crippen LogP contribution in [0.3, 0.4) is 0 Å². The van der Waals surface area contributed by atoms with Crippen molar-refractivity contribution in [3.05, 3.63) is 171 Å². The Kier molecular flexibility index (Phi) is 8.82. The van der Waals surface area contributed by atoms with Crippen molar-refractivity contribution in [3.63, 3.8) is 0 Å². The zero-order valence-electron chi connectivity index (χ0n) is 37.4. The molecule has 0 bridgehead atoms. The number of aromatic nitrogens is 1. The Morgan fingerprint density at radius 2 is 0.833 bits per heavy atom. The Bertz CT molecular complexity index is 3050. The van der Waals surface area contributed by atoms with Crippen molar-refractivity contribution >= 4 is 54.9 Å². The van der Waals surface area contributed by atoms with E-state index in [1.165, 1.54) is 60.1 Å². The predicted octanol–water partition coefficient (Wildman–Crippen LogP) is 14.6. The van der Waals surface area contributed by atoms with Crippen LogP contribution < -0.4 is 0 Å². The van der Waals surface area contributed by atoms with Gasteiger partial charge < -0.3 is 4.57 Å². The number of carbonyl (C=O) groups is 2. The molecule has 0 fully saturated rings. The van der Waals surface area contributed by atoms with Crippen molar-refractivity contribution in [2.45, 2.75) is 111 Å². The highest BCUT2D eigenvalue weighted by molar-refractivity contribution is 6.28. The summed E-state index contributed by atoms with van der Waals surface area (Å²) >= 11 is 0. The lowest BCUT2D eigenvalue weighted by Crippen LogP contribution is -2.21. The van der Waals surface area contributed by atoms with Crippen LogP contribution in [0.4, 0.5) is 0 Å². The summed E-state index contributed by atoms with van der Waals surface area (Å²) in [6.45, 7) is 27.1. The minimum absolute atomic E-state index is 0.00794. The molecule has 1 heterocycles. The normalized spacial score (nSPS) is 13.8. The first-order valence-corrected chi connectivity index (χ1v) is 21.5. The zero-order valence-corrected chi connectivity index (χ0v) is 37.4. The number of nitrogens with zero attached hydrogens (tertiary/aromatic N) is 1. The third kappa shape index (κ3) is 6.58. The van der Waals surface area contributed by atoms with E-state index in [0.29, 0.717) is 28.7 Å². The SMILES string of the molecule is CC(C)(C)c1ccc2cc(Cc3ccc4c(c3)C(=O)c3ccc(-n5c6ccc(C(C)(C)C)cc6c6cc(C(C)(C)C)ccc65)cc3C4=O)c3ccc(C(C)(C)C)cc3c2c1. The van der Waals surface area contributed by atoms with E-state index in [1.54, 1.807) is 0 Å². The Labute approximate surface area is 355 Å². The maximum atomic E-state index is 14.5. The van der Waals surface area contributed by atoms with Crippen LogP contribution in [0, 0.1) is 0 Å². The van der Waals surface area contributed by atoms with Crippen LogP contribution >= 0.6 is 0 Å². The third-order valence-electron chi connectivity index (χ3n) is 13.0. The summed E-state index contributed by atoms with van der Waals surface area (Å²) < 4.78 is 2.25. The lowest BCUT2D eigenvalue weighted by molar-refractivity contribution is 0.0979. The van der Waals surface area contributed by atoms with Crippen molar-refractivity contribution in [2.24, 2.45) is 0 Å². The molecular formula is C57H57NO2. The standard InChI is InChI=1S/C57H57NO2/c1-54(2,3)36-15-14-34-27-35(41-21-16-37(55(4,5)6)29-45(41)44(34)28-36)25-33-13-20-42-48(26-33)52(59)43-22-19-40(32-49(43)53(42)60)58-50-23-17-38(56(7,8)9)30-46(50)47-31-39(57(10,11)12)18-24-51(47)58/h13-24,26-32H,25H2,1-12H3. The van der Waals surface area contributed by atoms with Crippen molar-refractivity contribution in [1.82, 2.24) is 4.57 Å². The molecule has 0 atom stereocenters. The second-order valence-electron chi connectivity index (χ2n) is 21.5. The number of carbonyl (C=O) groups excluding carboxylic acids is 2. The van der Waals surface area contributed by atoms with Crippen molar-refractivity contribution in [2.75, 3.05) is 0 Å². The van der Waals surface area contributed by atoms with E-state index in [9.17, 15) is 9.59 Å². The van der Waals surface area contributed by atoms with Crippen LogP contribution in [0.2, 0.25) is 0 Å². The highest BCUT2D eigenvalue weighted by Crippen LogP contribution is 2.40. The van der Waals surface area contributed by atoms with Crippen LogP contribution in [-0.4, -0.2) is 16.1 Å². The summed E-state index contributed by atoms with van der Waals surface area (Å²) in [5.74, 6) is -0.216. The van der Waals surface area contributed by atoms with Gasteiger partial charge in [0.15, 0.2) is 11.6 Å². The van der Waals surface area contributed by atoms with E-state index >= 15 is 0 Å². The highest BCUT2D eigenvalue weighted by Gasteiger charge is 2.31. The van der Waals surface area contributed by atoms with E-state index in [-0.39, 0.29) is 33.2 Å². The smallest absolute Gasteiger partial charge is 0.194 e. The Balaban J connectivity index is 1.12. The van der Waals surface area contributed by atoms with Gasteiger partial charge in [0, 0.05) is 38.7 Å². The molecule has 1 aliphatic rings. The van der Waals surface area contributed by atoms with Gasteiger partial charge in [-0.25, -0.2) is 0 Å². The lowest BCUT2D eigenvalue weighted by atomic mass is 9.81. The van der Waals surface area contributed by atoms with Gasteiger partial charge >= 0.3 is 0 Å². The molecule has 3 heteroatoms. The van der Waals surface area contributed by atoms with Crippen LogP contribution in [0.1, 0.15) is 148 Å². The molecule has 302 valence electrons. The molecule has 7 aromatic carbocycles. The van der Waals surface area contributed by atoms with E-state index in [0.717, 1.165) is 22.3 Å². The second-order valence-corrected chi connectivity index (χ2v) is 21.5. The van der Waals surface area contributed by atoms with Crippen molar-refractivity contribution in [1.29, 1.82) is 0 Å². The first-order valence-electron chi connectivity index (χ1n) is 21.5. The van der Waals surface area contributed by atoms with Gasteiger partial charge in [-0.2, -0.15) is 0 Å². The summed E-state index contributed by atoms with van der Waals surface area (Å²) in [7, 11) is 0. The molecule has 1 aliphatic carbocycles. The second kappa shape index (κ2) is 13.4. The molecule has 8 aromatic rings. The Hall–Kier alpha value is -5.80. The maximum Gasteiger partial charge on any atom is 0.194 e.